The molecule has 10 heteroatoms. The number of hydrogen-bond acceptors (Lipinski definition) is 10. The zero-order valence-electron chi connectivity index (χ0n) is 29.9. The number of hydrogen-bond donors (Lipinski definition) is 0. The topological polar surface area (TPSA) is 100 Å². The van der Waals surface area contributed by atoms with E-state index in [2.05, 4.69) is 36.4 Å². The van der Waals surface area contributed by atoms with Crippen LogP contribution < -0.4 is 4.74 Å². The molecule has 0 aliphatic heterocycles. The maximum atomic E-state index is 10.7. The fourth-order valence-corrected chi connectivity index (χ4v) is 5.30. The highest BCUT2D eigenvalue weighted by Crippen LogP contribution is 2.40. The molecule has 0 fully saturated rings. The summed E-state index contributed by atoms with van der Waals surface area (Å²) >= 11 is 0. The Hall–Kier alpha value is -3.97. The molecule has 0 saturated carbocycles. The molecule has 0 saturated heterocycles. The molecule has 52 heavy (non-hydrogen) atoms. The van der Waals surface area contributed by atoms with Gasteiger partial charge >= 0.3 is 0 Å². The number of rotatable bonds is 30. The standard InChI is InChI=1S/C42H52O10/c43-36-37-16-18-41(19-17-37)51-34-32-49-30-28-47-26-24-45-22-20-44-21-23-46-25-27-48-29-31-50-33-35-52-42(38-10-4-1-5-11-38,39-12-6-2-7-13-39)40-14-8-3-9-15-40/h1-19,36H,20-35H2. The Morgan fingerprint density at radius 3 is 1.00 bits per heavy atom. The second kappa shape index (κ2) is 25.9. The Morgan fingerprint density at radius 1 is 0.365 bits per heavy atom. The van der Waals surface area contributed by atoms with Crippen molar-refractivity contribution in [3.8, 4) is 5.75 Å². The third-order valence-electron chi connectivity index (χ3n) is 7.83. The van der Waals surface area contributed by atoms with Gasteiger partial charge in [0.15, 0.2) is 0 Å². The van der Waals surface area contributed by atoms with Gasteiger partial charge in [0.1, 0.15) is 24.2 Å². The SMILES string of the molecule is O=Cc1ccc(OCCOCCOCCOCCOCCOCCOCCOCCOC(c2ccccc2)(c2ccccc2)c2ccccc2)cc1. The highest BCUT2D eigenvalue weighted by molar-refractivity contribution is 5.74. The van der Waals surface area contributed by atoms with Crippen molar-refractivity contribution in [3.63, 3.8) is 0 Å². The molecular weight excluding hydrogens is 664 g/mol. The van der Waals surface area contributed by atoms with Crippen molar-refractivity contribution in [1.82, 2.24) is 0 Å². The second-order valence-corrected chi connectivity index (χ2v) is 11.4. The van der Waals surface area contributed by atoms with Gasteiger partial charge in [-0.15, -0.1) is 0 Å². The number of carbonyl (C=O) groups is 1. The molecule has 4 aromatic carbocycles. The quantitative estimate of drug-likeness (QED) is 0.0363. The van der Waals surface area contributed by atoms with Crippen LogP contribution in [0.5, 0.6) is 5.75 Å². The Bertz CT molecular complexity index is 1340. The summed E-state index contributed by atoms with van der Waals surface area (Å²) in [5.41, 5.74) is 3.06. The molecule has 0 aromatic heterocycles. The fourth-order valence-electron chi connectivity index (χ4n) is 5.30. The zero-order chi connectivity index (χ0) is 36.2. The maximum absolute atomic E-state index is 10.7. The minimum atomic E-state index is -0.753. The van der Waals surface area contributed by atoms with E-state index < -0.39 is 5.60 Å². The number of aldehydes is 1. The third-order valence-corrected chi connectivity index (χ3v) is 7.83. The molecule has 0 amide bonds. The number of carbonyl (C=O) groups excluding carboxylic acids is 1. The van der Waals surface area contributed by atoms with Crippen LogP contribution in [-0.4, -0.2) is 112 Å². The summed E-state index contributed by atoms with van der Waals surface area (Å²) in [6, 6.07) is 37.9. The van der Waals surface area contributed by atoms with E-state index in [1.54, 1.807) is 24.3 Å². The largest absolute Gasteiger partial charge is 0.491 e. The van der Waals surface area contributed by atoms with E-state index in [9.17, 15) is 4.79 Å². The summed E-state index contributed by atoms with van der Waals surface area (Å²) in [6.07, 6.45) is 0.801. The zero-order valence-corrected chi connectivity index (χ0v) is 29.9. The molecule has 0 aliphatic rings. The predicted octanol–water partition coefficient (Wildman–Crippen LogP) is 6.00. The maximum Gasteiger partial charge on any atom is 0.150 e. The molecular formula is C42H52O10. The predicted molar refractivity (Wildman–Crippen MR) is 198 cm³/mol. The van der Waals surface area contributed by atoms with E-state index in [1.807, 2.05) is 54.6 Å². The van der Waals surface area contributed by atoms with E-state index in [0.717, 1.165) is 23.0 Å². The minimum absolute atomic E-state index is 0.413. The van der Waals surface area contributed by atoms with Gasteiger partial charge in [-0.05, 0) is 41.0 Å². The first-order valence-corrected chi connectivity index (χ1v) is 17.9. The Kier molecular flexibility index (Phi) is 20.3. The van der Waals surface area contributed by atoms with Crippen LogP contribution in [0.2, 0.25) is 0 Å². The van der Waals surface area contributed by atoms with Crippen LogP contribution in [0.25, 0.3) is 0 Å². The smallest absolute Gasteiger partial charge is 0.150 e. The Balaban J connectivity index is 0.924. The average molecular weight is 717 g/mol. The van der Waals surface area contributed by atoms with Crippen molar-refractivity contribution in [2.75, 3.05) is 106 Å². The van der Waals surface area contributed by atoms with Crippen molar-refractivity contribution < 1.29 is 47.4 Å². The first kappa shape index (κ1) is 40.8. The van der Waals surface area contributed by atoms with Crippen LogP contribution >= 0.6 is 0 Å². The fraction of sp³-hybridized carbons (Fsp3) is 0.405. The Labute approximate surface area is 307 Å². The van der Waals surface area contributed by atoms with E-state index in [0.29, 0.717) is 117 Å². The van der Waals surface area contributed by atoms with Gasteiger partial charge in [0.05, 0.1) is 99.1 Å². The normalized spacial score (nSPS) is 11.5. The molecule has 0 radical (unpaired) electrons. The van der Waals surface area contributed by atoms with Gasteiger partial charge in [0.2, 0.25) is 0 Å². The van der Waals surface area contributed by atoms with E-state index in [4.69, 9.17) is 42.6 Å². The highest BCUT2D eigenvalue weighted by atomic mass is 16.6. The molecule has 0 atom stereocenters. The molecule has 0 heterocycles. The molecule has 280 valence electrons. The van der Waals surface area contributed by atoms with Crippen LogP contribution in [0.4, 0.5) is 0 Å². The first-order chi connectivity index (χ1) is 25.8. The van der Waals surface area contributed by atoms with Crippen molar-refractivity contribution in [2.45, 2.75) is 5.60 Å². The van der Waals surface area contributed by atoms with Gasteiger partial charge in [-0.3, -0.25) is 4.79 Å². The van der Waals surface area contributed by atoms with Gasteiger partial charge in [-0.2, -0.15) is 0 Å². The summed E-state index contributed by atoms with van der Waals surface area (Å²) in [5, 5.41) is 0. The lowest BCUT2D eigenvalue weighted by atomic mass is 9.80. The molecule has 0 aliphatic carbocycles. The summed E-state index contributed by atoms with van der Waals surface area (Å²) in [5.74, 6) is 0.704. The van der Waals surface area contributed by atoms with Gasteiger partial charge in [-0.25, -0.2) is 0 Å². The summed E-state index contributed by atoms with van der Waals surface area (Å²) in [4.78, 5) is 10.7. The van der Waals surface area contributed by atoms with Gasteiger partial charge < -0.3 is 42.6 Å². The lowest BCUT2D eigenvalue weighted by Crippen LogP contribution is -2.34. The van der Waals surface area contributed by atoms with E-state index >= 15 is 0 Å². The minimum Gasteiger partial charge on any atom is -0.491 e. The molecule has 4 aromatic rings. The van der Waals surface area contributed by atoms with Gasteiger partial charge in [0, 0.05) is 5.56 Å². The van der Waals surface area contributed by atoms with Crippen molar-refractivity contribution >= 4 is 6.29 Å². The van der Waals surface area contributed by atoms with Crippen molar-refractivity contribution in [2.24, 2.45) is 0 Å². The molecule has 0 N–H and O–H groups in total. The van der Waals surface area contributed by atoms with Gasteiger partial charge in [-0.1, -0.05) is 91.0 Å². The number of benzene rings is 4. The lowest BCUT2D eigenvalue weighted by Gasteiger charge is -2.36. The van der Waals surface area contributed by atoms with Crippen LogP contribution in [0.3, 0.4) is 0 Å². The van der Waals surface area contributed by atoms with E-state index in [-0.39, 0.29) is 0 Å². The molecule has 0 spiro atoms. The molecule has 10 nitrogen and oxygen atoms in total. The van der Waals surface area contributed by atoms with E-state index in [1.165, 1.54) is 0 Å². The monoisotopic (exact) mass is 716 g/mol. The molecule has 0 bridgehead atoms. The second-order valence-electron chi connectivity index (χ2n) is 11.4. The molecule has 4 rings (SSSR count). The van der Waals surface area contributed by atoms with Crippen molar-refractivity contribution in [3.05, 3.63) is 138 Å². The average Bonchev–Trinajstić information content (AvgIpc) is 3.20. The van der Waals surface area contributed by atoms with Gasteiger partial charge in [0.25, 0.3) is 0 Å². The first-order valence-electron chi connectivity index (χ1n) is 17.9. The summed E-state index contributed by atoms with van der Waals surface area (Å²) < 4.78 is 51.4. The summed E-state index contributed by atoms with van der Waals surface area (Å²) in [7, 11) is 0. The third kappa shape index (κ3) is 14.9. The number of ether oxygens (including phenoxy) is 9. The Morgan fingerprint density at radius 2 is 0.673 bits per heavy atom. The highest BCUT2D eigenvalue weighted by Gasteiger charge is 2.37. The van der Waals surface area contributed by atoms with Crippen LogP contribution in [0.15, 0.2) is 115 Å². The van der Waals surface area contributed by atoms with Crippen LogP contribution in [-0.2, 0) is 43.5 Å². The van der Waals surface area contributed by atoms with Crippen LogP contribution in [0.1, 0.15) is 27.0 Å². The lowest BCUT2D eigenvalue weighted by molar-refractivity contribution is -0.0397. The summed E-state index contributed by atoms with van der Waals surface area (Å²) in [6.45, 7) is 7.56. The molecule has 0 unspecified atom stereocenters. The van der Waals surface area contributed by atoms with Crippen LogP contribution in [0, 0.1) is 0 Å². The van der Waals surface area contributed by atoms with Crippen molar-refractivity contribution in [1.29, 1.82) is 0 Å².